The summed E-state index contributed by atoms with van der Waals surface area (Å²) in [6, 6.07) is 3.92. The van der Waals surface area contributed by atoms with Crippen molar-refractivity contribution < 1.29 is 4.74 Å². The van der Waals surface area contributed by atoms with Crippen molar-refractivity contribution in [3.63, 3.8) is 0 Å². The highest BCUT2D eigenvalue weighted by Gasteiger charge is 2.35. The Bertz CT molecular complexity index is 481. The molecule has 0 atom stereocenters. The minimum absolute atomic E-state index is 0.157. The van der Waals surface area contributed by atoms with Gasteiger partial charge in [-0.1, -0.05) is 33.6 Å². The third-order valence-electron chi connectivity index (χ3n) is 3.36. The topological polar surface area (TPSA) is 21.3 Å². The summed E-state index contributed by atoms with van der Waals surface area (Å²) in [7, 11) is 0. The fraction of sp³-hybridized carbons (Fsp3) is 0.385. The summed E-state index contributed by atoms with van der Waals surface area (Å²) in [5.41, 5.74) is 0.893. The first-order valence-electron chi connectivity index (χ1n) is 5.77. The van der Waals surface area contributed by atoms with Gasteiger partial charge < -0.3 is 10.1 Å². The molecule has 0 radical (unpaired) electrons. The van der Waals surface area contributed by atoms with Crippen molar-refractivity contribution in [2.24, 2.45) is 0 Å². The van der Waals surface area contributed by atoms with Gasteiger partial charge in [0.1, 0.15) is 11.4 Å². The first-order chi connectivity index (χ1) is 8.19. The smallest absolute Gasteiger partial charge is 0.146 e. The summed E-state index contributed by atoms with van der Waals surface area (Å²) in [5.74, 6) is 0.819. The molecule has 1 aromatic rings. The fourth-order valence-corrected chi connectivity index (χ4v) is 3.28. The SMILES string of the molecule is Clc1cc(Br)cc2c1OC1(C=C2)CCNCC1. The summed E-state index contributed by atoms with van der Waals surface area (Å²) < 4.78 is 7.15. The zero-order chi connectivity index (χ0) is 11.9. The highest BCUT2D eigenvalue weighted by atomic mass is 79.9. The molecule has 0 aliphatic carbocycles. The van der Waals surface area contributed by atoms with Crippen LogP contribution in [0.5, 0.6) is 5.75 Å². The van der Waals surface area contributed by atoms with Gasteiger partial charge in [-0.15, -0.1) is 0 Å². The van der Waals surface area contributed by atoms with Gasteiger partial charge >= 0.3 is 0 Å². The molecule has 0 amide bonds. The Hall–Kier alpha value is -0.510. The zero-order valence-electron chi connectivity index (χ0n) is 9.30. The second-order valence-electron chi connectivity index (χ2n) is 4.56. The van der Waals surface area contributed by atoms with Crippen LogP contribution >= 0.6 is 27.5 Å². The third kappa shape index (κ3) is 2.12. The fourth-order valence-electron chi connectivity index (χ4n) is 2.41. The summed E-state index contributed by atoms with van der Waals surface area (Å²) in [6.45, 7) is 1.99. The van der Waals surface area contributed by atoms with Crippen LogP contribution in [0.2, 0.25) is 5.02 Å². The quantitative estimate of drug-likeness (QED) is 0.789. The van der Waals surface area contributed by atoms with Gasteiger partial charge in [-0.2, -0.15) is 0 Å². The van der Waals surface area contributed by atoms with Crippen molar-refractivity contribution in [1.82, 2.24) is 5.32 Å². The molecule has 90 valence electrons. The maximum absolute atomic E-state index is 6.25. The Kier molecular flexibility index (Phi) is 2.93. The van der Waals surface area contributed by atoms with E-state index >= 15 is 0 Å². The van der Waals surface area contributed by atoms with Gasteiger partial charge in [0.2, 0.25) is 0 Å². The van der Waals surface area contributed by atoms with Gasteiger partial charge in [0.25, 0.3) is 0 Å². The molecular weight excluding hydrogens is 302 g/mol. The van der Waals surface area contributed by atoms with E-state index in [0.717, 1.165) is 41.7 Å². The summed E-state index contributed by atoms with van der Waals surface area (Å²) in [5, 5.41) is 4.03. The number of piperidine rings is 1. The lowest BCUT2D eigenvalue weighted by atomic mass is 9.89. The molecule has 1 aromatic carbocycles. The van der Waals surface area contributed by atoms with Crippen molar-refractivity contribution in [2.75, 3.05) is 13.1 Å². The van der Waals surface area contributed by atoms with Crippen molar-refractivity contribution in [2.45, 2.75) is 18.4 Å². The number of halogens is 2. The Balaban J connectivity index is 2.00. The molecule has 1 fully saturated rings. The van der Waals surface area contributed by atoms with E-state index in [9.17, 15) is 0 Å². The van der Waals surface area contributed by atoms with Gasteiger partial charge in [0, 0.05) is 22.9 Å². The van der Waals surface area contributed by atoms with E-state index in [2.05, 4.69) is 33.4 Å². The maximum Gasteiger partial charge on any atom is 0.146 e. The Morgan fingerprint density at radius 2 is 2.06 bits per heavy atom. The second kappa shape index (κ2) is 4.30. The largest absolute Gasteiger partial charge is 0.481 e. The van der Waals surface area contributed by atoms with E-state index in [-0.39, 0.29) is 5.60 Å². The minimum Gasteiger partial charge on any atom is -0.481 e. The lowest BCUT2D eigenvalue weighted by Gasteiger charge is -2.38. The first-order valence-corrected chi connectivity index (χ1v) is 6.94. The Labute approximate surface area is 114 Å². The summed E-state index contributed by atoms with van der Waals surface area (Å²) in [4.78, 5) is 0. The molecule has 0 bridgehead atoms. The van der Waals surface area contributed by atoms with Crippen LogP contribution in [-0.2, 0) is 0 Å². The van der Waals surface area contributed by atoms with Crippen LogP contribution in [-0.4, -0.2) is 18.7 Å². The molecular formula is C13H13BrClNO. The molecule has 0 aromatic heterocycles. The molecule has 0 unspecified atom stereocenters. The summed E-state index contributed by atoms with van der Waals surface area (Å²) >= 11 is 9.69. The molecule has 2 aliphatic rings. The molecule has 1 spiro atoms. The van der Waals surface area contributed by atoms with Crippen LogP contribution in [0.3, 0.4) is 0 Å². The average Bonchev–Trinajstić information content (AvgIpc) is 2.32. The van der Waals surface area contributed by atoms with Gasteiger partial charge in [-0.05, 0) is 31.3 Å². The van der Waals surface area contributed by atoms with E-state index in [1.807, 2.05) is 12.1 Å². The van der Waals surface area contributed by atoms with Gasteiger partial charge in [0.15, 0.2) is 0 Å². The standard InChI is InChI=1S/C13H13BrClNO/c14-10-7-9-1-2-13(3-5-16-6-4-13)17-12(9)11(15)8-10/h1-2,7-8,16H,3-6H2. The first kappa shape index (κ1) is 11.6. The number of rotatable bonds is 0. The van der Waals surface area contributed by atoms with Gasteiger partial charge in [-0.25, -0.2) is 0 Å². The predicted octanol–water partition coefficient (Wildman–Crippen LogP) is 3.63. The monoisotopic (exact) mass is 313 g/mol. The number of hydrogen-bond donors (Lipinski definition) is 1. The van der Waals surface area contributed by atoms with Crippen molar-refractivity contribution >= 4 is 33.6 Å². The lowest BCUT2D eigenvalue weighted by molar-refractivity contribution is 0.0824. The molecule has 2 heterocycles. The summed E-state index contributed by atoms with van der Waals surface area (Å²) in [6.07, 6.45) is 6.30. The predicted molar refractivity (Wildman–Crippen MR) is 73.6 cm³/mol. The molecule has 4 heteroatoms. The van der Waals surface area contributed by atoms with Crippen LogP contribution in [0.1, 0.15) is 18.4 Å². The number of hydrogen-bond acceptors (Lipinski definition) is 2. The molecule has 1 N–H and O–H groups in total. The number of fused-ring (bicyclic) bond motifs is 1. The van der Waals surface area contributed by atoms with Crippen LogP contribution in [0.4, 0.5) is 0 Å². The normalized spacial score (nSPS) is 21.1. The van der Waals surface area contributed by atoms with Gasteiger partial charge in [0.05, 0.1) is 5.02 Å². The van der Waals surface area contributed by atoms with Gasteiger partial charge in [-0.3, -0.25) is 0 Å². The molecule has 2 aliphatic heterocycles. The van der Waals surface area contributed by atoms with Crippen LogP contribution in [0.15, 0.2) is 22.7 Å². The Morgan fingerprint density at radius 1 is 1.29 bits per heavy atom. The minimum atomic E-state index is -0.157. The highest BCUT2D eigenvalue weighted by Crippen LogP contribution is 2.41. The molecule has 0 saturated carbocycles. The molecule has 3 rings (SSSR count). The second-order valence-corrected chi connectivity index (χ2v) is 5.88. The Morgan fingerprint density at radius 3 is 2.82 bits per heavy atom. The van der Waals surface area contributed by atoms with Crippen molar-refractivity contribution in [1.29, 1.82) is 0 Å². The van der Waals surface area contributed by atoms with Crippen LogP contribution < -0.4 is 10.1 Å². The number of nitrogens with one attached hydrogen (secondary N) is 1. The van der Waals surface area contributed by atoms with E-state index in [1.165, 1.54) is 0 Å². The van der Waals surface area contributed by atoms with E-state index < -0.39 is 0 Å². The van der Waals surface area contributed by atoms with E-state index in [0.29, 0.717) is 5.02 Å². The lowest BCUT2D eigenvalue weighted by Crippen LogP contribution is -2.45. The molecule has 1 saturated heterocycles. The van der Waals surface area contributed by atoms with Crippen molar-refractivity contribution in [3.05, 3.63) is 33.3 Å². The molecule has 2 nitrogen and oxygen atoms in total. The molecule has 17 heavy (non-hydrogen) atoms. The zero-order valence-corrected chi connectivity index (χ0v) is 11.6. The van der Waals surface area contributed by atoms with E-state index in [4.69, 9.17) is 16.3 Å². The van der Waals surface area contributed by atoms with Crippen molar-refractivity contribution in [3.8, 4) is 5.75 Å². The van der Waals surface area contributed by atoms with E-state index in [1.54, 1.807) is 0 Å². The number of ether oxygens (including phenoxy) is 1. The number of benzene rings is 1. The maximum atomic E-state index is 6.25. The third-order valence-corrected chi connectivity index (χ3v) is 4.10. The highest BCUT2D eigenvalue weighted by molar-refractivity contribution is 9.10. The van der Waals surface area contributed by atoms with Crippen LogP contribution in [0, 0.1) is 0 Å². The van der Waals surface area contributed by atoms with Crippen LogP contribution in [0.25, 0.3) is 6.08 Å². The average molecular weight is 315 g/mol.